The average molecular weight is 340 g/mol. The molecule has 0 saturated heterocycles. The zero-order chi connectivity index (χ0) is 16.9. The maximum atomic E-state index is 12.1. The normalized spacial score (nSPS) is 10.5. The van der Waals surface area contributed by atoms with E-state index in [4.69, 9.17) is 0 Å². The molecule has 0 atom stereocenters. The Kier molecular flexibility index (Phi) is 4.81. The lowest BCUT2D eigenvalue weighted by atomic mass is 10.1. The van der Waals surface area contributed by atoms with Gasteiger partial charge in [0.2, 0.25) is 11.8 Å². The van der Waals surface area contributed by atoms with Crippen molar-refractivity contribution in [1.29, 1.82) is 0 Å². The second kappa shape index (κ2) is 7.18. The van der Waals surface area contributed by atoms with Gasteiger partial charge in [-0.25, -0.2) is 4.98 Å². The summed E-state index contributed by atoms with van der Waals surface area (Å²) in [5.74, 6) is -0.198. The maximum Gasteiger partial charge on any atom is 0.224 e. The first-order chi connectivity index (χ1) is 11.6. The van der Waals surface area contributed by atoms with Crippen LogP contribution < -0.4 is 10.6 Å². The second-order valence-electron chi connectivity index (χ2n) is 5.29. The number of carbonyl (C=O) groups is 2. The maximum absolute atomic E-state index is 12.1. The minimum Gasteiger partial charge on any atom is -0.326 e. The Morgan fingerprint density at radius 3 is 2.67 bits per heavy atom. The van der Waals surface area contributed by atoms with Crippen LogP contribution in [-0.2, 0) is 16.0 Å². The predicted octanol–water partition coefficient (Wildman–Crippen LogP) is 3.22. The number of amides is 2. The molecule has 6 nitrogen and oxygen atoms in total. The summed E-state index contributed by atoms with van der Waals surface area (Å²) in [4.78, 5) is 31.4. The van der Waals surface area contributed by atoms with Gasteiger partial charge in [-0.3, -0.25) is 14.6 Å². The van der Waals surface area contributed by atoms with Gasteiger partial charge < -0.3 is 10.6 Å². The largest absolute Gasteiger partial charge is 0.326 e. The minimum absolute atomic E-state index is 0.0437. The highest BCUT2D eigenvalue weighted by Gasteiger charge is 2.08. The van der Waals surface area contributed by atoms with Crippen LogP contribution in [-0.4, -0.2) is 21.8 Å². The topological polar surface area (TPSA) is 84.0 Å². The highest BCUT2D eigenvalue weighted by atomic mass is 32.1. The summed E-state index contributed by atoms with van der Waals surface area (Å²) in [5, 5.41) is 6.11. The van der Waals surface area contributed by atoms with Crippen LogP contribution in [0.5, 0.6) is 0 Å². The number of hydrogen-bond acceptors (Lipinski definition) is 5. The van der Waals surface area contributed by atoms with E-state index in [1.165, 1.54) is 18.3 Å². The van der Waals surface area contributed by atoms with Crippen molar-refractivity contribution in [2.45, 2.75) is 19.8 Å². The molecule has 0 spiro atoms. The molecule has 0 unspecified atom stereocenters. The number of pyridine rings is 1. The molecule has 3 rings (SSSR count). The monoisotopic (exact) mass is 340 g/mol. The molecule has 0 fully saturated rings. The fraction of sp³-hybridized carbons (Fsp3) is 0.176. The van der Waals surface area contributed by atoms with E-state index < -0.39 is 0 Å². The van der Waals surface area contributed by atoms with E-state index in [9.17, 15) is 9.59 Å². The summed E-state index contributed by atoms with van der Waals surface area (Å²) >= 11 is 1.38. The highest BCUT2D eigenvalue weighted by molar-refractivity contribution is 7.22. The van der Waals surface area contributed by atoms with Gasteiger partial charge in [-0.2, -0.15) is 0 Å². The third kappa shape index (κ3) is 4.14. The van der Waals surface area contributed by atoms with Crippen molar-refractivity contribution in [2.24, 2.45) is 0 Å². The van der Waals surface area contributed by atoms with Gasteiger partial charge in [-0.1, -0.05) is 11.3 Å². The van der Waals surface area contributed by atoms with Gasteiger partial charge in [-0.05, 0) is 42.3 Å². The van der Waals surface area contributed by atoms with Gasteiger partial charge in [-0.15, -0.1) is 0 Å². The number of benzene rings is 1. The van der Waals surface area contributed by atoms with Crippen molar-refractivity contribution in [1.82, 2.24) is 9.97 Å². The number of anilines is 2. The predicted molar refractivity (Wildman–Crippen MR) is 95.1 cm³/mol. The van der Waals surface area contributed by atoms with E-state index in [0.29, 0.717) is 18.0 Å². The molecule has 3 aromatic rings. The van der Waals surface area contributed by atoms with Crippen LogP contribution in [0.25, 0.3) is 10.2 Å². The summed E-state index contributed by atoms with van der Waals surface area (Å²) < 4.78 is 0.908. The summed E-state index contributed by atoms with van der Waals surface area (Å²) in [7, 11) is 0. The van der Waals surface area contributed by atoms with Crippen molar-refractivity contribution < 1.29 is 9.59 Å². The highest BCUT2D eigenvalue weighted by Crippen LogP contribution is 2.28. The van der Waals surface area contributed by atoms with Crippen LogP contribution in [0, 0.1) is 0 Å². The molecule has 122 valence electrons. The Morgan fingerprint density at radius 2 is 1.92 bits per heavy atom. The Bertz CT molecular complexity index is 877. The molecule has 1 aromatic carbocycles. The molecule has 0 aliphatic rings. The zero-order valence-corrected chi connectivity index (χ0v) is 13.9. The van der Waals surface area contributed by atoms with Gasteiger partial charge in [0.25, 0.3) is 0 Å². The first-order valence-electron chi connectivity index (χ1n) is 7.47. The van der Waals surface area contributed by atoms with E-state index in [1.807, 2.05) is 30.3 Å². The second-order valence-corrected chi connectivity index (χ2v) is 6.32. The van der Waals surface area contributed by atoms with Gasteiger partial charge in [0.1, 0.15) is 0 Å². The third-order valence-corrected chi connectivity index (χ3v) is 4.28. The molecule has 2 aromatic heterocycles. The number of aromatic nitrogens is 2. The molecule has 2 heterocycles. The van der Waals surface area contributed by atoms with E-state index in [0.717, 1.165) is 21.5 Å². The van der Waals surface area contributed by atoms with Crippen LogP contribution in [0.2, 0.25) is 0 Å². The van der Waals surface area contributed by atoms with Gasteiger partial charge in [0.05, 0.1) is 10.2 Å². The Balaban J connectivity index is 1.64. The third-order valence-electron chi connectivity index (χ3n) is 3.35. The summed E-state index contributed by atoms with van der Waals surface area (Å²) in [6, 6.07) is 9.31. The number of aryl methyl sites for hydroxylation is 1. The molecular formula is C17H16N4O2S. The fourth-order valence-electron chi connectivity index (χ4n) is 2.24. The van der Waals surface area contributed by atoms with Crippen molar-refractivity contribution in [2.75, 3.05) is 10.6 Å². The van der Waals surface area contributed by atoms with Crippen LogP contribution in [0.3, 0.4) is 0 Å². The molecule has 2 N–H and O–H groups in total. The number of fused-ring (bicyclic) bond motifs is 1. The fourth-order valence-corrected chi connectivity index (χ4v) is 3.19. The van der Waals surface area contributed by atoms with Crippen molar-refractivity contribution in [3.63, 3.8) is 0 Å². The average Bonchev–Trinajstić information content (AvgIpc) is 2.94. The lowest BCUT2D eigenvalue weighted by Gasteiger charge is -2.05. The molecule has 0 bridgehead atoms. The molecule has 0 radical (unpaired) electrons. The molecule has 2 amide bonds. The lowest BCUT2D eigenvalue weighted by Crippen LogP contribution is -2.12. The molecule has 0 aliphatic carbocycles. The molecule has 0 aliphatic heterocycles. The lowest BCUT2D eigenvalue weighted by molar-refractivity contribution is -0.116. The minimum atomic E-state index is -0.154. The van der Waals surface area contributed by atoms with Crippen molar-refractivity contribution in [3.8, 4) is 0 Å². The standard InChI is InChI=1S/C17H16N4O2S/c1-11(22)19-17-21-14-4-3-13(10-15(14)24-17)20-16(23)5-2-12-6-8-18-9-7-12/h3-4,6-10H,2,5H2,1H3,(H,20,23)(H,19,21,22). The van der Waals surface area contributed by atoms with Crippen LogP contribution in [0.15, 0.2) is 42.7 Å². The van der Waals surface area contributed by atoms with E-state index in [-0.39, 0.29) is 11.8 Å². The molecule has 24 heavy (non-hydrogen) atoms. The van der Waals surface area contributed by atoms with Crippen LogP contribution in [0.4, 0.5) is 10.8 Å². The molecule has 7 heteroatoms. The number of nitrogens with one attached hydrogen (secondary N) is 2. The van der Waals surface area contributed by atoms with E-state index in [2.05, 4.69) is 20.6 Å². The number of hydrogen-bond donors (Lipinski definition) is 2. The van der Waals surface area contributed by atoms with Gasteiger partial charge in [0.15, 0.2) is 5.13 Å². The Hall–Kier alpha value is -2.80. The SMILES string of the molecule is CC(=O)Nc1nc2ccc(NC(=O)CCc3ccncc3)cc2s1. The summed E-state index contributed by atoms with van der Waals surface area (Å²) in [5.41, 5.74) is 2.59. The van der Waals surface area contributed by atoms with Crippen LogP contribution >= 0.6 is 11.3 Å². The quantitative estimate of drug-likeness (QED) is 0.747. The van der Waals surface area contributed by atoms with Crippen molar-refractivity contribution in [3.05, 3.63) is 48.3 Å². The van der Waals surface area contributed by atoms with E-state index in [1.54, 1.807) is 12.4 Å². The number of carbonyl (C=O) groups excluding carboxylic acids is 2. The number of rotatable bonds is 5. The van der Waals surface area contributed by atoms with Crippen molar-refractivity contribution >= 4 is 44.2 Å². The first kappa shape index (κ1) is 16.1. The first-order valence-corrected chi connectivity index (χ1v) is 8.29. The summed E-state index contributed by atoms with van der Waals surface area (Å²) in [6.45, 7) is 1.44. The Labute approximate surface area is 142 Å². The summed E-state index contributed by atoms with van der Waals surface area (Å²) in [6.07, 6.45) is 4.51. The Morgan fingerprint density at radius 1 is 1.12 bits per heavy atom. The van der Waals surface area contributed by atoms with Gasteiger partial charge in [0, 0.05) is 31.4 Å². The van der Waals surface area contributed by atoms with Crippen LogP contribution in [0.1, 0.15) is 18.9 Å². The molecular weight excluding hydrogens is 324 g/mol. The van der Waals surface area contributed by atoms with E-state index >= 15 is 0 Å². The zero-order valence-electron chi connectivity index (χ0n) is 13.1. The number of thiazole rings is 1. The number of nitrogens with zero attached hydrogens (tertiary/aromatic N) is 2. The van der Waals surface area contributed by atoms with Gasteiger partial charge >= 0.3 is 0 Å². The molecule has 0 saturated carbocycles. The smallest absolute Gasteiger partial charge is 0.224 e.